The molecule has 0 bridgehead atoms. The standard InChI is InChI=1S/C6H8ClN3.C4H2Cl2N2/c1-10(2)5-3-6(7)9-8-4-5;5-3-1-4(6)8-7-2-3/h3-4H,1-2H3;1-2H. The van der Waals surface area contributed by atoms with Gasteiger partial charge in [0.2, 0.25) is 0 Å². The fourth-order valence-electron chi connectivity index (χ4n) is 0.895. The van der Waals surface area contributed by atoms with Crippen LogP contribution in [0.5, 0.6) is 0 Å². The summed E-state index contributed by atoms with van der Waals surface area (Å²) in [6, 6.07) is 3.28. The molecule has 96 valence electrons. The third-order valence-electron chi connectivity index (χ3n) is 1.72. The molecule has 0 aliphatic carbocycles. The molecular weight excluding hydrogens is 297 g/mol. The van der Waals surface area contributed by atoms with Crippen LogP contribution in [0.15, 0.2) is 24.5 Å². The van der Waals surface area contributed by atoms with Crippen LogP contribution in [-0.2, 0) is 0 Å². The SMILES string of the molecule is CN(C)c1cnnc(Cl)c1.Clc1cnnc(Cl)c1. The molecule has 2 rings (SSSR count). The molecule has 18 heavy (non-hydrogen) atoms. The van der Waals surface area contributed by atoms with E-state index in [1.807, 2.05) is 19.0 Å². The summed E-state index contributed by atoms with van der Waals surface area (Å²) in [6.45, 7) is 0. The van der Waals surface area contributed by atoms with E-state index in [0.717, 1.165) is 5.69 Å². The van der Waals surface area contributed by atoms with Crippen LogP contribution in [0, 0.1) is 0 Å². The predicted molar refractivity (Wildman–Crippen MR) is 73.4 cm³/mol. The molecule has 2 aromatic rings. The van der Waals surface area contributed by atoms with E-state index in [4.69, 9.17) is 34.8 Å². The summed E-state index contributed by atoms with van der Waals surface area (Å²) in [5.41, 5.74) is 0.958. The van der Waals surface area contributed by atoms with Gasteiger partial charge in [0.15, 0.2) is 10.3 Å². The fraction of sp³-hybridized carbons (Fsp3) is 0.200. The number of aromatic nitrogens is 4. The summed E-state index contributed by atoms with van der Waals surface area (Å²) in [7, 11) is 3.85. The van der Waals surface area contributed by atoms with Crippen molar-refractivity contribution in [2.45, 2.75) is 0 Å². The average molecular weight is 307 g/mol. The lowest BCUT2D eigenvalue weighted by molar-refractivity contribution is 1.00. The summed E-state index contributed by atoms with van der Waals surface area (Å²) in [4.78, 5) is 1.92. The summed E-state index contributed by atoms with van der Waals surface area (Å²) < 4.78 is 0. The zero-order valence-corrected chi connectivity index (χ0v) is 11.9. The minimum Gasteiger partial charge on any atom is -0.376 e. The van der Waals surface area contributed by atoms with Crippen LogP contribution in [0.1, 0.15) is 0 Å². The van der Waals surface area contributed by atoms with Gasteiger partial charge in [-0.25, -0.2) is 0 Å². The average Bonchev–Trinajstić information content (AvgIpc) is 2.29. The quantitative estimate of drug-likeness (QED) is 0.810. The van der Waals surface area contributed by atoms with E-state index in [1.54, 1.807) is 12.3 Å². The number of anilines is 1. The first kappa shape index (κ1) is 14.9. The Morgan fingerprint density at radius 1 is 0.889 bits per heavy atom. The Morgan fingerprint density at radius 3 is 1.78 bits per heavy atom. The van der Waals surface area contributed by atoms with E-state index in [-0.39, 0.29) is 0 Å². The number of hydrogen-bond donors (Lipinski definition) is 0. The van der Waals surface area contributed by atoms with E-state index in [0.29, 0.717) is 15.3 Å². The van der Waals surface area contributed by atoms with Gasteiger partial charge in [0.05, 0.1) is 23.1 Å². The maximum absolute atomic E-state index is 5.59. The zero-order valence-electron chi connectivity index (χ0n) is 9.68. The van der Waals surface area contributed by atoms with Crippen molar-refractivity contribution >= 4 is 40.5 Å². The summed E-state index contributed by atoms with van der Waals surface area (Å²) in [5.74, 6) is 0. The predicted octanol–water partition coefficient (Wildman–Crippen LogP) is 2.98. The fourth-order valence-corrected chi connectivity index (χ4v) is 1.41. The van der Waals surface area contributed by atoms with Gasteiger partial charge >= 0.3 is 0 Å². The van der Waals surface area contributed by atoms with Crippen LogP contribution in [0.4, 0.5) is 5.69 Å². The van der Waals surface area contributed by atoms with Crippen LogP contribution in [-0.4, -0.2) is 34.5 Å². The largest absolute Gasteiger partial charge is 0.376 e. The Kier molecular flexibility index (Phi) is 6.04. The van der Waals surface area contributed by atoms with Gasteiger partial charge in [0, 0.05) is 20.2 Å². The first-order valence-electron chi connectivity index (χ1n) is 4.78. The van der Waals surface area contributed by atoms with Crippen molar-refractivity contribution in [1.82, 2.24) is 20.4 Å². The van der Waals surface area contributed by atoms with Gasteiger partial charge in [0.1, 0.15) is 0 Å². The lowest BCUT2D eigenvalue weighted by atomic mass is 10.4. The van der Waals surface area contributed by atoms with Crippen molar-refractivity contribution in [3.63, 3.8) is 0 Å². The highest BCUT2D eigenvalue weighted by molar-refractivity contribution is 6.33. The molecule has 0 spiro atoms. The maximum atomic E-state index is 5.59. The molecule has 0 amide bonds. The molecule has 0 aliphatic heterocycles. The van der Waals surface area contributed by atoms with E-state index in [1.165, 1.54) is 12.3 Å². The zero-order chi connectivity index (χ0) is 13.5. The second-order valence-corrected chi connectivity index (χ2v) is 4.54. The normalized spacial score (nSPS) is 9.39. The van der Waals surface area contributed by atoms with Crippen molar-refractivity contribution in [1.29, 1.82) is 0 Å². The Labute approximate surface area is 120 Å². The number of nitrogens with zero attached hydrogens (tertiary/aromatic N) is 5. The van der Waals surface area contributed by atoms with Crippen LogP contribution in [0.2, 0.25) is 15.3 Å². The molecule has 2 aromatic heterocycles. The smallest absolute Gasteiger partial charge is 0.153 e. The second-order valence-electron chi connectivity index (χ2n) is 3.33. The van der Waals surface area contributed by atoms with Gasteiger partial charge in [-0.15, -0.1) is 10.2 Å². The lowest BCUT2D eigenvalue weighted by Gasteiger charge is -2.10. The molecule has 0 aromatic carbocycles. The molecule has 0 atom stereocenters. The molecule has 0 radical (unpaired) electrons. The minimum absolute atomic E-state index is 0.317. The highest BCUT2D eigenvalue weighted by Gasteiger charge is 1.95. The topological polar surface area (TPSA) is 54.8 Å². The number of rotatable bonds is 1. The molecule has 5 nitrogen and oxygen atoms in total. The number of halogens is 3. The van der Waals surface area contributed by atoms with Crippen LogP contribution < -0.4 is 4.90 Å². The summed E-state index contributed by atoms with van der Waals surface area (Å²) in [5, 5.41) is 15.5. The van der Waals surface area contributed by atoms with Crippen molar-refractivity contribution in [3.05, 3.63) is 39.9 Å². The maximum Gasteiger partial charge on any atom is 0.153 e. The van der Waals surface area contributed by atoms with E-state index in [2.05, 4.69) is 20.4 Å². The monoisotopic (exact) mass is 305 g/mol. The van der Waals surface area contributed by atoms with Crippen molar-refractivity contribution < 1.29 is 0 Å². The Hall–Kier alpha value is -1.17. The van der Waals surface area contributed by atoms with Crippen molar-refractivity contribution in [2.75, 3.05) is 19.0 Å². The molecule has 0 N–H and O–H groups in total. The third-order valence-corrected chi connectivity index (χ3v) is 2.29. The van der Waals surface area contributed by atoms with Crippen molar-refractivity contribution in [3.8, 4) is 0 Å². The molecule has 8 heteroatoms. The van der Waals surface area contributed by atoms with Crippen LogP contribution in [0.25, 0.3) is 0 Å². The molecule has 2 heterocycles. The summed E-state index contributed by atoms with van der Waals surface area (Å²) in [6.07, 6.45) is 3.08. The lowest BCUT2D eigenvalue weighted by Crippen LogP contribution is -2.08. The van der Waals surface area contributed by atoms with E-state index < -0.39 is 0 Å². The van der Waals surface area contributed by atoms with Crippen molar-refractivity contribution in [2.24, 2.45) is 0 Å². The Balaban J connectivity index is 0.000000184. The first-order valence-corrected chi connectivity index (χ1v) is 5.91. The van der Waals surface area contributed by atoms with Crippen LogP contribution in [0.3, 0.4) is 0 Å². The highest BCUT2D eigenvalue weighted by atomic mass is 35.5. The second kappa shape index (κ2) is 7.31. The molecule has 0 saturated carbocycles. The molecule has 0 fully saturated rings. The highest BCUT2D eigenvalue weighted by Crippen LogP contribution is 2.12. The molecular formula is C10H10Cl3N5. The Bertz CT molecular complexity index is 489. The van der Waals surface area contributed by atoms with Gasteiger partial charge < -0.3 is 4.90 Å². The van der Waals surface area contributed by atoms with E-state index >= 15 is 0 Å². The van der Waals surface area contributed by atoms with Crippen LogP contribution >= 0.6 is 34.8 Å². The Morgan fingerprint density at radius 2 is 1.44 bits per heavy atom. The van der Waals surface area contributed by atoms with Gasteiger partial charge in [-0.3, -0.25) is 0 Å². The molecule has 0 unspecified atom stereocenters. The number of hydrogen-bond acceptors (Lipinski definition) is 5. The molecule has 0 saturated heterocycles. The van der Waals surface area contributed by atoms with E-state index in [9.17, 15) is 0 Å². The van der Waals surface area contributed by atoms with Gasteiger partial charge in [-0.1, -0.05) is 34.8 Å². The van der Waals surface area contributed by atoms with Gasteiger partial charge in [0.25, 0.3) is 0 Å². The molecule has 0 aliphatic rings. The van der Waals surface area contributed by atoms with Gasteiger partial charge in [-0.05, 0) is 6.07 Å². The first-order chi connectivity index (χ1) is 8.49. The minimum atomic E-state index is 0.317. The van der Waals surface area contributed by atoms with Gasteiger partial charge in [-0.2, -0.15) is 10.2 Å². The third kappa shape index (κ3) is 5.44. The summed E-state index contributed by atoms with van der Waals surface area (Å²) >= 11 is 16.4.